The Balaban J connectivity index is 2.32. The first kappa shape index (κ1) is 15.0. The van der Waals surface area contributed by atoms with Gasteiger partial charge in [-0.05, 0) is 13.0 Å². The highest BCUT2D eigenvalue weighted by atomic mass is 32.2. The maximum atomic E-state index is 12.6. The van der Waals surface area contributed by atoms with Gasteiger partial charge in [-0.25, -0.2) is 8.42 Å². The minimum absolute atomic E-state index is 0.126. The zero-order valence-corrected chi connectivity index (χ0v) is 12.7. The summed E-state index contributed by atoms with van der Waals surface area (Å²) in [4.78, 5) is 11.8. The van der Waals surface area contributed by atoms with Crippen LogP contribution in [0.25, 0.3) is 0 Å². The number of hydrogen-bond donors (Lipinski definition) is 2. The number of carbonyl (C=O) groups is 1. The monoisotopic (exact) mass is 300 g/mol. The smallest absolute Gasteiger partial charge is 0.267 e. The molecular formula is C12H20N4O3S. The molecule has 0 bridgehead atoms. The van der Waals surface area contributed by atoms with Crippen molar-refractivity contribution in [3.8, 4) is 0 Å². The highest BCUT2D eigenvalue weighted by molar-refractivity contribution is 7.89. The van der Waals surface area contributed by atoms with Gasteiger partial charge in [0.1, 0.15) is 10.6 Å². The Morgan fingerprint density at radius 1 is 1.50 bits per heavy atom. The first-order valence-electron chi connectivity index (χ1n) is 6.48. The molecule has 1 aliphatic rings. The topological polar surface area (TPSA) is 83.4 Å². The van der Waals surface area contributed by atoms with Gasteiger partial charge in [-0.15, -0.1) is 0 Å². The van der Waals surface area contributed by atoms with E-state index in [2.05, 4.69) is 10.6 Å². The second-order valence-electron chi connectivity index (χ2n) is 4.97. The van der Waals surface area contributed by atoms with E-state index in [-0.39, 0.29) is 16.8 Å². The van der Waals surface area contributed by atoms with E-state index < -0.39 is 10.0 Å². The number of aromatic nitrogens is 1. The van der Waals surface area contributed by atoms with E-state index in [0.29, 0.717) is 25.3 Å². The Labute approximate surface area is 119 Å². The molecule has 7 nitrogen and oxygen atoms in total. The summed E-state index contributed by atoms with van der Waals surface area (Å²) in [6, 6.07) is 1.54. The highest BCUT2D eigenvalue weighted by Crippen LogP contribution is 2.19. The van der Waals surface area contributed by atoms with Crippen molar-refractivity contribution in [2.24, 2.45) is 7.05 Å². The van der Waals surface area contributed by atoms with E-state index in [1.165, 1.54) is 28.2 Å². The van der Waals surface area contributed by atoms with Crippen molar-refractivity contribution in [1.82, 2.24) is 19.5 Å². The largest absolute Gasteiger partial charge is 0.354 e. The lowest BCUT2D eigenvalue weighted by Crippen LogP contribution is -2.51. The third-order valence-corrected chi connectivity index (χ3v) is 5.24. The van der Waals surface area contributed by atoms with E-state index >= 15 is 0 Å². The molecule has 1 aliphatic heterocycles. The van der Waals surface area contributed by atoms with Gasteiger partial charge in [-0.2, -0.15) is 4.31 Å². The summed E-state index contributed by atoms with van der Waals surface area (Å²) in [5.41, 5.74) is 0.328. The van der Waals surface area contributed by atoms with Gasteiger partial charge in [0.15, 0.2) is 0 Å². The lowest BCUT2D eigenvalue weighted by atomic mass is 10.3. The zero-order valence-electron chi connectivity index (χ0n) is 11.9. The maximum Gasteiger partial charge on any atom is 0.267 e. The van der Waals surface area contributed by atoms with Crippen LogP contribution in [0.3, 0.4) is 0 Å². The summed E-state index contributed by atoms with van der Waals surface area (Å²) in [5.74, 6) is -0.303. The molecule has 1 fully saturated rings. The van der Waals surface area contributed by atoms with Gasteiger partial charge in [0.05, 0.1) is 0 Å². The normalized spacial score (nSPS) is 20.9. The fourth-order valence-corrected chi connectivity index (χ4v) is 3.89. The van der Waals surface area contributed by atoms with Crippen molar-refractivity contribution in [2.45, 2.75) is 17.9 Å². The summed E-state index contributed by atoms with van der Waals surface area (Å²) in [7, 11) is -0.374. The molecule has 2 rings (SSSR count). The number of carbonyl (C=O) groups excluding carboxylic acids is 1. The minimum atomic E-state index is -3.55. The van der Waals surface area contributed by atoms with Gasteiger partial charge in [0.25, 0.3) is 5.91 Å². The van der Waals surface area contributed by atoms with Crippen molar-refractivity contribution < 1.29 is 13.2 Å². The standard InChI is InChI=1S/C12H20N4O3S/c1-9-7-16(5-4-14-9)20(18,19)10-6-11(12(17)13-2)15(3)8-10/h6,8-9,14H,4-5,7H2,1-3H3,(H,13,17). The molecule has 0 spiro atoms. The predicted molar refractivity (Wildman–Crippen MR) is 75.0 cm³/mol. The first-order valence-corrected chi connectivity index (χ1v) is 7.92. The molecule has 2 N–H and O–H groups in total. The molecule has 1 atom stereocenters. The summed E-state index contributed by atoms with van der Waals surface area (Å²) >= 11 is 0. The lowest BCUT2D eigenvalue weighted by molar-refractivity contribution is 0.0955. The highest BCUT2D eigenvalue weighted by Gasteiger charge is 2.30. The van der Waals surface area contributed by atoms with Gasteiger partial charge in [0, 0.05) is 46.0 Å². The minimum Gasteiger partial charge on any atom is -0.354 e. The molecule has 0 saturated carbocycles. The van der Waals surface area contributed by atoms with Crippen LogP contribution in [0.2, 0.25) is 0 Å². The molecule has 1 aromatic heterocycles. The number of nitrogens with one attached hydrogen (secondary N) is 2. The average molecular weight is 300 g/mol. The van der Waals surface area contributed by atoms with Gasteiger partial charge in [0.2, 0.25) is 10.0 Å². The third-order valence-electron chi connectivity index (χ3n) is 3.41. The van der Waals surface area contributed by atoms with Crippen LogP contribution in [-0.2, 0) is 17.1 Å². The van der Waals surface area contributed by atoms with Crippen LogP contribution in [0.5, 0.6) is 0 Å². The SMILES string of the molecule is CNC(=O)c1cc(S(=O)(=O)N2CCNC(C)C2)cn1C. The second kappa shape index (κ2) is 5.55. The van der Waals surface area contributed by atoms with Crippen molar-refractivity contribution in [2.75, 3.05) is 26.7 Å². The summed E-state index contributed by atoms with van der Waals surface area (Å²) in [6.45, 7) is 3.46. The molecule has 1 unspecified atom stereocenters. The zero-order chi connectivity index (χ0) is 14.9. The molecule has 0 radical (unpaired) electrons. The van der Waals surface area contributed by atoms with E-state index in [9.17, 15) is 13.2 Å². The van der Waals surface area contributed by atoms with Crippen molar-refractivity contribution in [3.63, 3.8) is 0 Å². The molecular weight excluding hydrogens is 280 g/mol. The third kappa shape index (κ3) is 2.72. The molecule has 112 valence electrons. The Kier molecular flexibility index (Phi) is 4.17. The van der Waals surface area contributed by atoms with Gasteiger partial charge in [-0.3, -0.25) is 4.79 Å². The number of rotatable bonds is 3. The van der Waals surface area contributed by atoms with Crippen LogP contribution in [-0.4, -0.2) is 55.9 Å². The van der Waals surface area contributed by atoms with Crippen LogP contribution >= 0.6 is 0 Å². The summed E-state index contributed by atoms with van der Waals surface area (Å²) in [5, 5.41) is 5.70. The Bertz CT molecular complexity index is 608. The fraction of sp³-hybridized carbons (Fsp3) is 0.583. The van der Waals surface area contributed by atoms with Crippen LogP contribution in [0, 0.1) is 0 Å². The van der Waals surface area contributed by atoms with Crippen LogP contribution in [0.1, 0.15) is 17.4 Å². The summed E-state index contributed by atoms with van der Waals surface area (Å²) in [6.07, 6.45) is 1.48. The van der Waals surface area contributed by atoms with Crippen molar-refractivity contribution >= 4 is 15.9 Å². The molecule has 20 heavy (non-hydrogen) atoms. The van der Waals surface area contributed by atoms with Crippen LogP contribution in [0.15, 0.2) is 17.2 Å². The lowest BCUT2D eigenvalue weighted by Gasteiger charge is -2.30. The maximum absolute atomic E-state index is 12.6. The predicted octanol–water partition coefficient (Wildman–Crippen LogP) is -0.633. The Hall–Kier alpha value is -1.38. The average Bonchev–Trinajstić information content (AvgIpc) is 2.80. The van der Waals surface area contributed by atoms with Gasteiger partial charge < -0.3 is 15.2 Å². The number of piperazine rings is 1. The van der Waals surface area contributed by atoms with Crippen molar-refractivity contribution in [3.05, 3.63) is 18.0 Å². The second-order valence-corrected chi connectivity index (χ2v) is 6.91. The first-order chi connectivity index (χ1) is 9.36. The quantitative estimate of drug-likeness (QED) is 0.778. The van der Waals surface area contributed by atoms with E-state index in [0.717, 1.165) is 0 Å². The molecule has 0 aromatic carbocycles. The number of aryl methyl sites for hydroxylation is 1. The van der Waals surface area contributed by atoms with Gasteiger partial charge in [-0.1, -0.05) is 0 Å². The molecule has 2 heterocycles. The molecule has 8 heteroatoms. The number of amides is 1. The van der Waals surface area contributed by atoms with Gasteiger partial charge >= 0.3 is 0 Å². The van der Waals surface area contributed by atoms with E-state index in [1.54, 1.807) is 7.05 Å². The van der Waals surface area contributed by atoms with Crippen molar-refractivity contribution in [1.29, 1.82) is 0 Å². The van der Waals surface area contributed by atoms with E-state index in [1.807, 2.05) is 6.92 Å². The van der Waals surface area contributed by atoms with E-state index in [4.69, 9.17) is 0 Å². The molecule has 0 aliphatic carbocycles. The summed E-state index contributed by atoms with van der Waals surface area (Å²) < 4.78 is 28.1. The Morgan fingerprint density at radius 2 is 2.20 bits per heavy atom. The molecule has 1 saturated heterocycles. The van der Waals surface area contributed by atoms with Crippen LogP contribution < -0.4 is 10.6 Å². The Morgan fingerprint density at radius 3 is 2.80 bits per heavy atom. The van der Waals surface area contributed by atoms with Crippen LogP contribution in [0.4, 0.5) is 0 Å². The molecule has 1 amide bonds. The fourth-order valence-electron chi connectivity index (χ4n) is 2.29. The number of sulfonamides is 1. The number of hydrogen-bond acceptors (Lipinski definition) is 4. The molecule has 1 aromatic rings. The number of nitrogens with zero attached hydrogens (tertiary/aromatic N) is 2.